The molecule has 1 aromatic carbocycles. The molecular weight excluding hydrogens is 328 g/mol. The van der Waals surface area contributed by atoms with Crippen LogP contribution in [-0.4, -0.2) is 39.3 Å². The van der Waals surface area contributed by atoms with Gasteiger partial charge in [0.2, 0.25) is 0 Å². The minimum Gasteiger partial charge on any atom is -0.451 e. The summed E-state index contributed by atoms with van der Waals surface area (Å²) in [5, 5.41) is 7.34. The second kappa shape index (κ2) is 8.01. The van der Waals surface area contributed by atoms with E-state index in [1.165, 1.54) is 0 Å². The van der Waals surface area contributed by atoms with Gasteiger partial charge in [-0.3, -0.25) is 4.79 Å². The standard InChI is InChI=1S/C18H24N2O3.ClH/c1-13-3-4-15-14(9-13)10-16(23-15)17(21)20-11-18(12-22-2)5-7-19-8-6-18;/h3-4,9-10,19H,5-8,11-12H2,1-2H3,(H,20,21);1H. The van der Waals surface area contributed by atoms with E-state index in [2.05, 4.69) is 10.6 Å². The van der Waals surface area contributed by atoms with E-state index in [0.29, 0.717) is 18.9 Å². The topological polar surface area (TPSA) is 63.5 Å². The number of halogens is 1. The van der Waals surface area contributed by atoms with Crippen LogP contribution in [-0.2, 0) is 4.74 Å². The zero-order valence-electron chi connectivity index (χ0n) is 14.2. The molecule has 1 aromatic heterocycles. The average Bonchev–Trinajstić information content (AvgIpc) is 2.97. The van der Waals surface area contributed by atoms with Crippen molar-refractivity contribution in [2.75, 3.05) is 33.4 Å². The maximum Gasteiger partial charge on any atom is 0.287 e. The number of amides is 1. The third kappa shape index (κ3) is 4.09. The minimum atomic E-state index is -0.159. The lowest BCUT2D eigenvalue weighted by molar-refractivity contribution is 0.0506. The molecule has 2 aromatic rings. The molecule has 3 rings (SSSR count). The SMILES string of the molecule is COCC1(CNC(=O)c2cc3cc(C)ccc3o2)CCNCC1.Cl. The number of carbonyl (C=O) groups is 1. The molecular formula is C18H25ClN2O3. The molecule has 1 amide bonds. The smallest absolute Gasteiger partial charge is 0.287 e. The van der Waals surface area contributed by atoms with Gasteiger partial charge < -0.3 is 19.8 Å². The second-order valence-electron chi connectivity index (χ2n) is 6.52. The Kier molecular flexibility index (Phi) is 6.27. The number of furan rings is 1. The Morgan fingerprint density at radius 1 is 1.33 bits per heavy atom. The molecule has 24 heavy (non-hydrogen) atoms. The Bertz CT molecular complexity index is 687. The van der Waals surface area contributed by atoms with Crippen molar-refractivity contribution in [2.45, 2.75) is 19.8 Å². The fraction of sp³-hybridized carbons (Fsp3) is 0.500. The molecule has 0 radical (unpaired) electrons. The summed E-state index contributed by atoms with van der Waals surface area (Å²) >= 11 is 0. The minimum absolute atomic E-state index is 0. The van der Waals surface area contributed by atoms with Crippen LogP contribution in [0.2, 0.25) is 0 Å². The first-order chi connectivity index (χ1) is 11.1. The van der Waals surface area contributed by atoms with Gasteiger partial charge in [0.1, 0.15) is 5.58 Å². The Hall–Kier alpha value is -1.56. The van der Waals surface area contributed by atoms with Crippen molar-refractivity contribution in [3.8, 4) is 0 Å². The third-order valence-electron chi connectivity index (χ3n) is 4.63. The molecule has 0 bridgehead atoms. The van der Waals surface area contributed by atoms with Crippen molar-refractivity contribution in [1.29, 1.82) is 0 Å². The molecule has 0 spiro atoms. The van der Waals surface area contributed by atoms with Crippen LogP contribution in [0.4, 0.5) is 0 Å². The summed E-state index contributed by atoms with van der Waals surface area (Å²) in [6, 6.07) is 7.72. The Balaban J connectivity index is 0.00000208. The van der Waals surface area contributed by atoms with Gasteiger partial charge in [-0.05, 0) is 51.1 Å². The molecule has 2 N–H and O–H groups in total. The van der Waals surface area contributed by atoms with Crippen molar-refractivity contribution in [3.05, 3.63) is 35.6 Å². The predicted molar refractivity (Wildman–Crippen MR) is 96.9 cm³/mol. The second-order valence-corrected chi connectivity index (χ2v) is 6.52. The van der Waals surface area contributed by atoms with Gasteiger partial charge in [-0.2, -0.15) is 0 Å². The molecule has 6 heteroatoms. The number of fused-ring (bicyclic) bond motifs is 1. The summed E-state index contributed by atoms with van der Waals surface area (Å²) in [5.41, 5.74) is 1.91. The van der Waals surface area contributed by atoms with Gasteiger partial charge in [0.25, 0.3) is 5.91 Å². The van der Waals surface area contributed by atoms with E-state index >= 15 is 0 Å². The summed E-state index contributed by atoms with van der Waals surface area (Å²) in [6.45, 7) is 5.22. The summed E-state index contributed by atoms with van der Waals surface area (Å²) in [4.78, 5) is 12.4. The average molecular weight is 353 g/mol. The van der Waals surface area contributed by atoms with Gasteiger partial charge in [-0.25, -0.2) is 0 Å². The number of aryl methyl sites for hydroxylation is 1. The summed E-state index contributed by atoms with van der Waals surface area (Å²) < 4.78 is 11.0. The summed E-state index contributed by atoms with van der Waals surface area (Å²) in [5.74, 6) is 0.208. The van der Waals surface area contributed by atoms with E-state index in [0.717, 1.165) is 42.5 Å². The molecule has 0 aliphatic carbocycles. The molecule has 0 unspecified atom stereocenters. The monoisotopic (exact) mass is 352 g/mol. The lowest BCUT2D eigenvalue weighted by atomic mass is 9.79. The molecule has 2 heterocycles. The number of hydrogen-bond acceptors (Lipinski definition) is 4. The first-order valence-electron chi connectivity index (χ1n) is 8.10. The molecule has 1 saturated heterocycles. The number of piperidine rings is 1. The van der Waals surface area contributed by atoms with Crippen molar-refractivity contribution in [2.24, 2.45) is 5.41 Å². The normalized spacial score (nSPS) is 16.6. The number of carbonyl (C=O) groups excluding carboxylic acids is 1. The van der Waals surface area contributed by atoms with Gasteiger partial charge >= 0.3 is 0 Å². The molecule has 0 atom stereocenters. The largest absolute Gasteiger partial charge is 0.451 e. The predicted octanol–water partition coefficient (Wildman–Crippen LogP) is 2.91. The van der Waals surface area contributed by atoms with Crippen LogP contribution in [0.5, 0.6) is 0 Å². The highest BCUT2D eigenvalue weighted by atomic mass is 35.5. The molecule has 132 valence electrons. The van der Waals surface area contributed by atoms with E-state index < -0.39 is 0 Å². The lowest BCUT2D eigenvalue weighted by Crippen LogP contribution is -2.47. The van der Waals surface area contributed by atoms with Crippen LogP contribution in [0.3, 0.4) is 0 Å². The highest BCUT2D eigenvalue weighted by Crippen LogP contribution is 2.28. The van der Waals surface area contributed by atoms with Crippen molar-refractivity contribution in [1.82, 2.24) is 10.6 Å². The Morgan fingerprint density at radius 2 is 2.08 bits per heavy atom. The number of methoxy groups -OCH3 is 1. The van der Waals surface area contributed by atoms with Crippen LogP contribution in [0.1, 0.15) is 29.0 Å². The number of rotatable bonds is 5. The van der Waals surface area contributed by atoms with Crippen LogP contribution >= 0.6 is 12.4 Å². The first kappa shape index (κ1) is 18.8. The Morgan fingerprint density at radius 3 is 2.79 bits per heavy atom. The fourth-order valence-electron chi connectivity index (χ4n) is 3.27. The Labute approximate surface area is 148 Å². The van der Waals surface area contributed by atoms with Crippen molar-refractivity contribution >= 4 is 29.3 Å². The summed E-state index contributed by atoms with van der Waals surface area (Å²) in [7, 11) is 1.72. The van der Waals surface area contributed by atoms with Gasteiger partial charge in [0.05, 0.1) is 6.61 Å². The van der Waals surface area contributed by atoms with Crippen molar-refractivity contribution < 1.29 is 13.9 Å². The van der Waals surface area contributed by atoms with E-state index in [9.17, 15) is 4.79 Å². The highest BCUT2D eigenvalue weighted by molar-refractivity contribution is 5.96. The van der Waals surface area contributed by atoms with Crippen LogP contribution in [0.25, 0.3) is 11.0 Å². The van der Waals surface area contributed by atoms with Crippen molar-refractivity contribution in [3.63, 3.8) is 0 Å². The molecule has 5 nitrogen and oxygen atoms in total. The molecule has 1 aliphatic heterocycles. The van der Waals surface area contributed by atoms with Crippen LogP contribution in [0.15, 0.2) is 28.7 Å². The number of hydrogen-bond donors (Lipinski definition) is 2. The quantitative estimate of drug-likeness (QED) is 0.868. The first-order valence-corrected chi connectivity index (χ1v) is 8.10. The fourth-order valence-corrected chi connectivity index (χ4v) is 3.27. The van der Waals surface area contributed by atoms with Gasteiger partial charge in [0, 0.05) is 24.5 Å². The number of ether oxygens (including phenoxy) is 1. The van der Waals surface area contributed by atoms with E-state index in [1.54, 1.807) is 7.11 Å². The zero-order valence-corrected chi connectivity index (χ0v) is 15.0. The third-order valence-corrected chi connectivity index (χ3v) is 4.63. The van der Waals surface area contributed by atoms with Gasteiger partial charge in [-0.1, -0.05) is 11.6 Å². The maximum atomic E-state index is 12.4. The van der Waals surface area contributed by atoms with E-state index in [-0.39, 0.29) is 23.7 Å². The number of benzene rings is 1. The van der Waals surface area contributed by atoms with Crippen LogP contribution in [0, 0.1) is 12.3 Å². The zero-order chi connectivity index (χ0) is 16.3. The summed E-state index contributed by atoms with van der Waals surface area (Å²) in [6.07, 6.45) is 2.00. The van der Waals surface area contributed by atoms with Gasteiger partial charge in [0.15, 0.2) is 5.76 Å². The maximum absolute atomic E-state index is 12.4. The molecule has 1 aliphatic rings. The van der Waals surface area contributed by atoms with Crippen LogP contribution < -0.4 is 10.6 Å². The highest BCUT2D eigenvalue weighted by Gasteiger charge is 2.32. The van der Waals surface area contributed by atoms with E-state index in [1.807, 2.05) is 31.2 Å². The van der Waals surface area contributed by atoms with Gasteiger partial charge in [-0.15, -0.1) is 12.4 Å². The number of nitrogens with one attached hydrogen (secondary N) is 2. The molecule has 0 saturated carbocycles. The lowest BCUT2D eigenvalue weighted by Gasteiger charge is -2.37. The molecule has 1 fully saturated rings. The van der Waals surface area contributed by atoms with E-state index in [4.69, 9.17) is 9.15 Å².